The van der Waals surface area contributed by atoms with E-state index in [-0.39, 0.29) is 11.7 Å². The van der Waals surface area contributed by atoms with Crippen molar-refractivity contribution in [3.8, 4) is 5.88 Å². The minimum atomic E-state index is -3.04. The van der Waals surface area contributed by atoms with Crippen molar-refractivity contribution in [3.63, 3.8) is 0 Å². The van der Waals surface area contributed by atoms with Gasteiger partial charge in [-0.2, -0.15) is 0 Å². The summed E-state index contributed by atoms with van der Waals surface area (Å²) >= 11 is 0. The van der Waals surface area contributed by atoms with Crippen LogP contribution in [0.15, 0.2) is 24.4 Å². The summed E-state index contributed by atoms with van der Waals surface area (Å²) in [6.07, 6.45) is 4.56. The predicted molar refractivity (Wildman–Crippen MR) is 94.3 cm³/mol. The summed E-state index contributed by atoms with van der Waals surface area (Å²) in [4.78, 5) is 6.48. The molecule has 1 unspecified atom stereocenters. The van der Waals surface area contributed by atoms with Crippen LogP contribution in [0, 0.1) is 11.8 Å². The highest BCUT2D eigenvalue weighted by Gasteiger charge is 2.61. The number of hydrogen-bond donors (Lipinski definition) is 0. The second-order valence-electron chi connectivity index (χ2n) is 7.57. The Morgan fingerprint density at radius 3 is 2.76 bits per heavy atom. The molecule has 0 bridgehead atoms. The zero-order valence-electron chi connectivity index (χ0n) is 14.5. The van der Waals surface area contributed by atoms with Gasteiger partial charge in [-0.15, -0.1) is 0 Å². The summed E-state index contributed by atoms with van der Waals surface area (Å²) in [5.41, 5.74) is 0. The van der Waals surface area contributed by atoms with Gasteiger partial charge in [0.25, 0.3) is 0 Å². The Labute approximate surface area is 149 Å². The Balaban J connectivity index is 1.38. The lowest BCUT2D eigenvalue weighted by atomic mass is 9.82. The first-order valence-corrected chi connectivity index (χ1v) is 10.8. The lowest BCUT2D eigenvalue weighted by molar-refractivity contribution is 0.0160. The number of hydrogen-bond acceptors (Lipinski definition) is 6. The van der Waals surface area contributed by atoms with Crippen molar-refractivity contribution < 1.29 is 17.9 Å². The van der Waals surface area contributed by atoms with Crippen molar-refractivity contribution in [3.05, 3.63) is 24.4 Å². The fourth-order valence-electron chi connectivity index (χ4n) is 4.46. The number of likely N-dealkylation sites (tertiary alicyclic amines) is 1. The quantitative estimate of drug-likeness (QED) is 0.784. The fraction of sp³-hybridized carbons (Fsp3) is 0.722. The number of ether oxygens (including phenoxy) is 2. The standard InChI is InChI=1S/C18H26N2O4S/c21-25(22)10-6-16(12-24-17-3-1-2-7-19-17)18(25)13-20(14-18)11-15-4-8-23-9-5-15/h1-3,7,15-16H,4-6,8-14H2. The molecule has 0 N–H and O–H groups in total. The number of pyridine rings is 1. The van der Waals surface area contributed by atoms with E-state index in [2.05, 4.69) is 9.88 Å². The van der Waals surface area contributed by atoms with Crippen LogP contribution < -0.4 is 4.74 Å². The second kappa shape index (κ2) is 6.85. The van der Waals surface area contributed by atoms with Gasteiger partial charge in [0.1, 0.15) is 4.75 Å². The molecule has 4 rings (SSSR count). The van der Waals surface area contributed by atoms with E-state index in [9.17, 15) is 8.42 Å². The molecule has 1 atom stereocenters. The largest absolute Gasteiger partial charge is 0.477 e. The van der Waals surface area contributed by atoms with Gasteiger partial charge in [-0.25, -0.2) is 13.4 Å². The molecule has 138 valence electrons. The molecular formula is C18H26N2O4S. The summed E-state index contributed by atoms with van der Waals surface area (Å²) in [5, 5.41) is 0. The third kappa shape index (κ3) is 3.29. The van der Waals surface area contributed by atoms with Crippen molar-refractivity contribution in [2.45, 2.75) is 24.0 Å². The Bertz CT molecular complexity index is 682. The smallest absolute Gasteiger partial charge is 0.213 e. The molecule has 3 saturated heterocycles. The van der Waals surface area contributed by atoms with Gasteiger partial charge in [-0.05, 0) is 31.2 Å². The summed E-state index contributed by atoms with van der Waals surface area (Å²) in [6, 6.07) is 5.53. The van der Waals surface area contributed by atoms with E-state index in [0.717, 1.165) is 32.6 Å². The summed E-state index contributed by atoms with van der Waals surface area (Å²) in [6.45, 7) is 4.41. The molecule has 1 aromatic rings. The van der Waals surface area contributed by atoms with Crippen LogP contribution in [0.2, 0.25) is 0 Å². The maximum absolute atomic E-state index is 12.7. The van der Waals surface area contributed by atoms with Crippen molar-refractivity contribution in [1.29, 1.82) is 0 Å². The zero-order valence-corrected chi connectivity index (χ0v) is 15.3. The molecule has 3 fully saturated rings. The van der Waals surface area contributed by atoms with Crippen LogP contribution in [-0.4, -0.2) is 68.3 Å². The van der Waals surface area contributed by atoms with Crippen LogP contribution in [0.3, 0.4) is 0 Å². The van der Waals surface area contributed by atoms with Gasteiger partial charge in [0.05, 0.1) is 12.4 Å². The third-order valence-corrected chi connectivity index (χ3v) is 8.61. The van der Waals surface area contributed by atoms with Gasteiger partial charge in [-0.1, -0.05) is 6.07 Å². The van der Waals surface area contributed by atoms with Crippen molar-refractivity contribution in [1.82, 2.24) is 9.88 Å². The monoisotopic (exact) mass is 366 g/mol. The molecule has 0 saturated carbocycles. The summed E-state index contributed by atoms with van der Waals surface area (Å²) < 4.78 is 36.0. The van der Waals surface area contributed by atoms with Crippen LogP contribution in [0.4, 0.5) is 0 Å². The first-order valence-electron chi connectivity index (χ1n) is 9.15. The highest BCUT2D eigenvalue weighted by molar-refractivity contribution is 7.93. The van der Waals surface area contributed by atoms with Gasteiger partial charge in [0.15, 0.2) is 9.84 Å². The van der Waals surface area contributed by atoms with Crippen LogP contribution >= 0.6 is 0 Å². The molecule has 1 aromatic heterocycles. The van der Waals surface area contributed by atoms with E-state index in [4.69, 9.17) is 9.47 Å². The van der Waals surface area contributed by atoms with E-state index in [1.165, 1.54) is 0 Å². The minimum absolute atomic E-state index is 0.0606. The Hall–Kier alpha value is -1.18. The number of rotatable bonds is 5. The Morgan fingerprint density at radius 2 is 2.04 bits per heavy atom. The molecule has 3 aliphatic heterocycles. The third-order valence-electron chi connectivity index (χ3n) is 6.01. The lowest BCUT2D eigenvalue weighted by Crippen LogP contribution is -2.68. The van der Waals surface area contributed by atoms with E-state index in [1.807, 2.05) is 18.2 Å². The average Bonchev–Trinajstić information content (AvgIpc) is 2.86. The molecule has 6 nitrogen and oxygen atoms in total. The van der Waals surface area contributed by atoms with E-state index < -0.39 is 14.6 Å². The minimum Gasteiger partial charge on any atom is -0.477 e. The fourth-order valence-corrected chi connectivity index (χ4v) is 6.91. The highest BCUT2D eigenvalue weighted by Crippen LogP contribution is 2.45. The van der Waals surface area contributed by atoms with Crippen LogP contribution in [0.1, 0.15) is 19.3 Å². The van der Waals surface area contributed by atoms with Crippen LogP contribution in [0.25, 0.3) is 0 Å². The molecule has 4 heterocycles. The SMILES string of the molecule is O=S1(=O)CCC(COc2ccccn2)C12CN(CC1CCOCC1)C2. The van der Waals surface area contributed by atoms with Gasteiger partial charge in [0.2, 0.25) is 5.88 Å². The van der Waals surface area contributed by atoms with Gasteiger partial charge < -0.3 is 9.47 Å². The van der Waals surface area contributed by atoms with Crippen LogP contribution in [-0.2, 0) is 14.6 Å². The van der Waals surface area contributed by atoms with Crippen LogP contribution in [0.5, 0.6) is 5.88 Å². The number of aromatic nitrogens is 1. The molecule has 0 amide bonds. The van der Waals surface area contributed by atoms with Crippen molar-refractivity contribution in [2.24, 2.45) is 11.8 Å². The molecule has 25 heavy (non-hydrogen) atoms. The maximum atomic E-state index is 12.7. The van der Waals surface area contributed by atoms with E-state index in [0.29, 0.717) is 37.9 Å². The second-order valence-corrected chi connectivity index (χ2v) is 10.0. The maximum Gasteiger partial charge on any atom is 0.213 e. The summed E-state index contributed by atoms with van der Waals surface area (Å²) in [7, 11) is -3.04. The molecule has 1 spiro atoms. The zero-order chi connectivity index (χ0) is 17.3. The first kappa shape index (κ1) is 17.2. The average molecular weight is 366 g/mol. The van der Waals surface area contributed by atoms with Gasteiger partial charge >= 0.3 is 0 Å². The van der Waals surface area contributed by atoms with E-state index >= 15 is 0 Å². The summed E-state index contributed by atoms with van der Waals surface area (Å²) in [5.74, 6) is 1.55. The number of sulfone groups is 1. The Kier molecular flexibility index (Phi) is 4.73. The van der Waals surface area contributed by atoms with E-state index in [1.54, 1.807) is 6.20 Å². The first-order chi connectivity index (χ1) is 12.1. The van der Waals surface area contributed by atoms with Gasteiger partial charge in [0, 0.05) is 51.0 Å². The normalized spacial score (nSPS) is 28.7. The molecule has 0 radical (unpaired) electrons. The molecule has 0 aliphatic carbocycles. The number of nitrogens with zero attached hydrogens (tertiary/aromatic N) is 2. The van der Waals surface area contributed by atoms with Crippen molar-refractivity contribution in [2.75, 3.05) is 45.2 Å². The Morgan fingerprint density at radius 1 is 1.24 bits per heavy atom. The molecule has 0 aromatic carbocycles. The highest BCUT2D eigenvalue weighted by atomic mass is 32.2. The topological polar surface area (TPSA) is 68.7 Å². The van der Waals surface area contributed by atoms with Gasteiger partial charge in [-0.3, -0.25) is 4.90 Å². The molecular weight excluding hydrogens is 340 g/mol. The van der Waals surface area contributed by atoms with Crippen molar-refractivity contribution >= 4 is 9.84 Å². The molecule has 7 heteroatoms. The lowest BCUT2D eigenvalue weighted by Gasteiger charge is -2.51. The predicted octanol–water partition coefficient (Wildman–Crippen LogP) is 1.38. The molecule has 3 aliphatic rings.